The predicted octanol–water partition coefficient (Wildman–Crippen LogP) is 13.6. The monoisotopic (exact) mass is 713 g/mol. The molecule has 0 heterocycles. The second-order valence-electron chi connectivity index (χ2n) is 19.4. The van der Waals surface area contributed by atoms with Crippen molar-refractivity contribution in [2.45, 2.75) is 165 Å². The molecule has 52 heavy (non-hydrogen) atoms. The van der Waals surface area contributed by atoms with Crippen molar-refractivity contribution in [3.63, 3.8) is 0 Å². The summed E-state index contributed by atoms with van der Waals surface area (Å²) >= 11 is 0. The molecule has 288 valence electrons. The standard InChI is InChI=1S/C48H72O4/c1-32(2)14-11-17-36(6)41-23-24-42-39-21-20-37-31-38(25-28-47(37,9)43(39)26-29-48(41,42)10)51-45(50)52-44(49)30-34(4)16-12-15-33(3)19-22-40-35(5)18-13-27-46(40,7)8/h12,15-16,19-20,22,30,32,36,38-39,41-43H,11,13-14,17-18,21,23-29,31H2,1-10H3/b16-12+,22-19+,33-15+,34-30+/t36-,38+,39+,41-,42+,43+,47+,48-/m1/s1. The van der Waals surface area contributed by atoms with Crippen LogP contribution >= 0.6 is 0 Å². The number of ether oxygens (including phenoxy) is 2. The van der Waals surface area contributed by atoms with Crippen LogP contribution in [0, 0.1) is 51.8 Å². The molecule has 0 radical (unpaired) electrons. The molecule has 0 amide bonds. The lowest BCUT2D eigenvalue weighted by atomic mass is 9.47. The summed E-state index contributed by atoms with van der Waals surface area (Å²) < 4.78 is 10.9. The van der Waals surface area contributed by atoms with Crippen LogP contribution in [0.1, 0.15) is 159 Å². The van der Waals surface area contributed by atoms with Crippen LogP contribution in [0.5, 0.6) is 0 Å². The summed E-state index contributed by atoms with van der Waals surface area (Å²) in [6.07, 6.45) is 30.1. The first-order valence-electron chi connectivity index (χ1n) is 21.1. The normalized spacial score (nSPS) is 34.2. The second-order valence-corrected chi connectivity index (χ2v) is 19.4. The number of esters is 1. The van der Waals surface area contributed by atoms with E-state index in [0.29, 0.717) is 11.0 Å². The predicted molar refractivity (Wildman–Crippen MR) is 216 cm³/mol. The lowest BCUT2D eigenvalue weighted by Gasteiger charge is -2.58. The Morgan fingerprint density at radius 3 is 2.42 bits per heavy atom. The highest BCUT2D eigenvalue weighted by Crippen LogP contribution is 2.67. The number of carbonyl (C=O) groups is 2. The quantitative estimate of drug-likeness (QED) is 0.0703. The molecule has 0 unspecified atom stereocenters. The number of allylic oxidation sites excluding steroid dienone is 10. The van der Waals surface area contributed by atoms with E-state index in [9.17, 15) is 9.59 Å². The van der Waals surface area contributed by atoms with Crippen LogP contribution in [0.3, 0.4) is 0 Å². The Morgan fingerprint density at radius 1 is 0.923 bits per heavy atom. The van der Waals surface area contributed by atoms with Crippen molar-refractivity contribution < 1.29 is 19.1 Å². The zero-order chi connectivity index (χ0) is 37.8. The van der Waals surface area contributed by atoms with Gasteiger partial charge in [-0.2, -0.15) is 0 Å². The highest BCUT2D eigenvalue weighted by molar-refractivity contribution is 5.90. The molecule has 5 aliphatic carbocycles. The van der Waals surface area contributed by atoms with Crippen molar-refractivity contribution in [2.75, 3.05) is 0 Å². The van der Waals surface area contributed by atoms with Crippen molar-refractivity contribution >= 4 is 12.1 Å². The van der Waals surface area contributed by atoms with Gasteiger partial charge in [0.15, 0.2) is 0 Å². The van der Waals surface area contributed by atoms with Gasteiger partial charge in [-0.3, -0.25) is 0 Å². The molecule has 0 aromatic heterocycles. The molecule has 5 rings (SSSR count). The van der Waals surface area contributed by atoms with Crippen LogP contribution in [-0.4, -0.2) is 18.2 Å². The van der Waals surface area contributed by atoms with E-state index in [1.165, 1.54) is 93.4 Å². The van der Waals surface area contributed by atoms with E-state index >= 15 is 0 Å². The third kappa shape index (κ3) is 9.18. The Kier molecular flexibility index (Phi) is 13.1. The van der Waals surface area contributed by atoms with Gasteiger partial charge in [0.1, 0.15) is 6.10 Å². The highest BCUT2D eigenvalue weighted by atomic mass is 16.7. The average molecular weight is 713 g/mol. The minimum Gasteiger partial charge on any atom is -0.430 e. The van der Waals surface area contributed by atoms with Gasteiger partial charge in [-0.25, -0.2) is 9.59 Å². The van der Waals surface area contributed by atoms with Gasteiger partial charge in [0.25, 0.3) is 0 Å². The van der Waals surface area contributed by atoms with Gasteiger partial charge < -0.3 is 9.47 Å². The van der Waals surface area contributed by atoms with Crippen molar-refractivity contribution in [1.29, 1.82) is 0 Å². The number of fused-ring (bicyclic) bond motifs is 5. The van der Waals surface area contributed by atoms with E-state index in [-0.39, 0.29) is 16.9 Å². The van der Waals surface area contributed by atoms with Crippen LogP contribution in [0.4, 0.5) is 4.79 Å². The molecule has 0 aromatic rings. The molecule has 3 saturated carbocycles. The maximum atomic E-state index is 12.7. The van der Waals surface area contributed by atoms with E-state index in [1.54, 1.807) is 0 Å². The summed E-state index contributed by atoms with van der Waals surface area (Å²) in [5.41, 5.74) is 7.13. The molecule has 0 aromatic carbocycles. The van der Waals surface area contributed by atoms with E-state index in [2.05, 4.69) is 80.5 Å². The summed E-state index contributed by atoms with van der Waals surface area (Å²) in [6.45, 7) is 23.2. The fraction of sp³-hybridized carbons (Fsp3) is 0.708. The maximum absolute atomic E-state index is 12.7. The van der Waals surface area contributed by atoms with Crippen molar-refractivity contribution in [3.05, 3.63) is 70.4 Å². The molecule has 5 aliphatic rings. The fourth-order valence-corrected chi connectivity index (χ4v) is 11.9. The number of carbonyl (C=O) groups excluding carboxylic acids is 2. The fourth-order valence-electron chi connectivity index (χ4n) is 11.9. The van der Waals surface area contributed by atoms with Crippen molar-refractivity contribution in [3.8, 4) is 0 Å². The molecule has 8 atom stereocenters. The molecule has 0 bridgehead atoms. The lowest BCUT2D eigenvalue weighted by Crippen LogP contribution is -2.51. The Hall–Kier alpha value is -2.62. The van der Waals surface area contributed by atoms with Gasteiger partial charge in [-0.15, -0.1) is 0 Å². The maximum Gasteiger partial charge on any atom is 0.516 e. The van der Waals surface area contributed by atoms with Crippen LogP contribution in [0.2, 0.25) is 0 Å². The van der Waals surface area contributed by atoms with Crippen molar-refractivity contribution in [1.82, 2.24) is 0 Å². The molecule has 4 heteroatoms. The average Bonchev–Trinajstić information content (AvgIpc) is 3.41. The van der Waals surface area contributed by atoms with Crippen LogP contribution in [0.15, 0.2) is 70.4 Å². The van der Waals surface area contributed by atoms with Crippen LogP contribution in [0.25, 0.3) is 0 Å². The summed E-state index contributed by atoms with van der Waals surface area (Å²) in [7, 11) is 0. The van der Waals surface area contributed by atoms with E-state index in [0.717, 1.165) is 60.3 Å². The van der Waals surface area contributed by atoms with Gasteiger partial charge in [0.05, 0.1) is 0 Å². The summed E-state index contributed by atoms with van der Waals surface area (Å²) in [6, 6.07) is 0. The zero-order valence-electron chi connectivity index (χ0n) is 34.6. The van der Waals surface area contributed by atoms with Crippen LogP contribution in [-0.2, 0) is 14.3 Å². The first kappa shape index (κ1) is 40.6. The van der Waals surface area contributed by atoms with E-state index in [1.807, 2.05) is 25.2 Å². The van der Waals surface area contributed by atoms with Crippen LogP contribution < -0.4 is 0 Å². The van der Waals surface area contributed by atoms with Gasteiger partial charge in [0.2, 0.25) is 0 Å². The summed E-state index contributed by atoms with van der Waals surface area (Å²) in [5, 5.41) is 0. The minimum absolute atomic E-state index is 0.183. The Balaban J connectivity index is 1.11. The van der Waals surface area contributed by atoms with Gasteiger partial charge in [0, 0.05) is 12.5 Å². The second kappa shape index (κ2) is 16.8. The van der Waals surface area contributed by atoms with Crippen molar-refractivity contribution in [2.24, 2.45) is 51.8 Å². The van der Waals surface area contributed by atoms with Gasteiger partial charge >= 0.3 is 12.1 Å². The summed E-state index contributed by atoms with van der Waals surface area (Å²) in [4.78, 5) is 25.3. The molecule has 0 spiro atoms. The molecule has 4 nitrogen and oxygen atoms in total. The molecular formula is C48H72O4. The Labute approximate surface area is 317 Å². The third-order valence-corrected chi connectivity index (χ3v) is 14.8. The molecular weight excluding hydrogens is 641 g/mol. The molecule has 3 fully saturated rings. The largest absolute Gasteiger partial charge is 0.516 e. The molecule has 0 N–H and O–H groups in total. The van der Waals surface area contributed by atoms with Gasteiger partial charge in [-0.1, -0.05) is 121 Å². The van der Waals surface area contributed by atoms with E-state index < -0.39 is 12.1 Å². The lowest BCUT2D eigenvalue weighted by molar-refractivity contribution is -0.135. The smallest absolute Gasteiger partial charge is 0.430 e. The molecule has 0 aliphatic heterocycles. The Bertz CT molecular complexity index is 1500. The first-order chi connectivity index (χ1) is 24.5. The third-order valence-electron chi connectivity index (χ3n) is 14.8. The number of hydrogen-bond donors (Lipinski definition) is 0. The Morgan fingerprint density at radius 2 is 1.69 bits per heavy atom. The topological polar surface area (TPSA) is 52.6 Å². The number of hydrogen-bond acceptors (Lipinski definition) is 4. The minimum atomic E-state index is -0.884. The highest BCUT2D eigenvalue weighted by Gasteiger charge is 2.59. The SMILES string of the molecule is CC1=C(/C=C/C(C)=C/C=C/C(C)=C/C(=O)OC(=O)O[C@H]2CC[C@@]3(C)C(=CC[C@H]4[C@@H]5CC[C@H]([C@H](C)CCCC(C)C)[C@@]5(C)CC[C@@H]43)C2)C(C)(C)CCC1. The zero-order valence-corrected chi connectivity index (χ0v) is 34.6. The number of rotatable bonds is 11. The van der Waals surface area contributed by atoms with Gasteiger partial charge in [-0.05, 0) is 148 Å². The molecule has 0 saturated heterocycles. The van der Waals surface area contributed by atoms with E-state index in [4.69, 9.17) is 9.47 Å². The first-order valence-corrected chi connectivity index (χ1v) is 21.1. The summed E-state index contributed by atoms with van der Waals surface area (Å²) in [5.74, 6) is 4.13.